The van der Waals surface area contributed by atoms with Gasteiger partial charge in [0.25, 0.3) is 0 Å². The van der Waals surface area contributed by atoms with E-state index < -0.39 is 0 Å². The lowest BCUT2D eigenvalue weighted by Crippen LogP contribution is -1.93. The molecule has 14 heavy (non-hydrogen) atoms. The molecule has 1 aromatic heterocycles. The van der Waals surface area contributed by atoms with E-state index in [1.807, 2.05) is 24.3 Å². The first kappa shape index (κ1) is 9.13. The number of hydrogen-bond acceptors (Lipinski definition) is 1. The van der Waals surface area contributed by atoms with E-state index in [1.165, 1.54) is 0 Å². The molecule has 2 nitrogen and oxygen atoms in total. The van der Waals surface area contributed by atoms with E-state index in [1.54, 1.807) is 0 Å². The van der Waals surface area contributed by atoms with Crippen molar-refractivity contribution in [3.8, 4) is 5.75 Å². The Labute approximate surface area is 83.6 Å². The zero-order chi connectivity index (χ0) is 10.1. The Kier molecular flexibility index (Phi) is 2.20. The smallest absolute Gasteiger partial charge is 0.144 e. The summed E-state index contributed by atoms with van der Waals surface area (Å²) in [6.45, 7) is 4.29. The summed E-state index contributed by atoms with van der Waals surface area (Å²) in [6, 6.07) is 7.83. The van der Waals surface area contributed by atoms with Gasteiger partial charge in [0.2, 0.25) is 0 Å². The lowest BCUT2D eigenvalue weighted by molar-refractivity contribution is 0.467. The van der Waals surface area contributed by atoms with Crippen molar-refractivity contribution < 1.29 is 5.11 Å². The highest BCUT2D eigenvalue weighted by molar-refractivity contribution is 5.87. The van der Waals surface area contributed by atoms with E-state index >= 15 is 0 Å². The summed E-state index contributed by atoms with van der Waals surface area (Å²) < 4.78 is 0. The van der Waals surface area contributed by atoms with Gasteiger partial charge in [-0.05, 0) is 24.5 Å². The number of nitrogens with one attached hydrogen (secondary N) is 1. The molecule has 0 saturated heterocycles. The van der Waals surface area contributed by atoms with Crippen molar-refractivity contribution in [2.24, 2.45) is 5.92 Å². The van der Waals surface area contributed by atoms with Crippen LogP contribution in [0.4, 0.5) is 0 Å². The molecular weight excluding hydrogens is 174 g/mol. The molecule has 0 aliphatic rings. The van der Waals surface area contributed by atoms with Gasteiger partial charge in [-0.3, -0.25) is 0 Å². The molecule has 2 N–H and O–H groups in total. The van der Waals surface area contributed by atoms with Gasteiger partial charge in [-0.2, -0.15) is 0 Å². The quantitative estimate of drug-likeness (QED) is 0.748. The van der Waals surface area contributed by atoms with Gasteiger partial charge in [0.1, 0.15) is 5.75 Å². The zero-order valence-electron chi connectivity index (χ0n) is 8.54. The third-order valence-electron chi connectivity index (χ3n) is 2.37. The molecule has 2 heteroatoms. The molecule has 0 aliphatic heterocycles. The molecule has 0 amide bonds. The molecule has 2 aromatic rings. The molecule has 74 valence electrons. The first-order chi connectivity index (χ1) is 6.68. The van der Waals surface area contributed by atoms with Crippen molar-refractivity contribution in [3.05, 3.63) is 30.0 Å². The second-order valence-electron chi connectivity index (χ2n) is 4.10. The molecule has 1 heterocycles. The van der Waals surface area contributed by atoms with E-state index in [0.29, 0.717) is 11.7 Å². The number of aromatic nitrogens is 1. The minimum Gasteiger partial charge on any atom is -0.505 e. The van der Waals surface area contributed by atoms with Gasteiger partial charge in [-0.25, -0.2) is 0 Å². The van der Waals surface area contributed by atoms with E-state index in [0.717, 1.165) is 23.0 Å². The first-order valence-corrected chi connectivity index (χ1v) is 4.97. The summed E-state index contributed by atoms with van der Waals surface area (Å²) >= 11 is 0. The maximum Gasteiger partial charge on any atom is 0.144 e. The van der Waals surface area contributed by atoms with Crippen molar-refractivity contribution in [3.63, 3.8) is 0 Å². The van der Waals surface area contributed by atoms with Crippen LogP contribution in [-0.4, -0.2) is 10.1 Å². The summed E-state index contributed by atoms with van der Waals surface area (Å²) in [5.74, 6) is 0.961. The number of H-pyrrole nitrogens is 1. The average Bonchev–Trinajstić information content (AvgIpc) is 2.44. The summed E-state index contributed by atoms with van der Waals surface area (Å²) in [7, 11) is 0. The number of aromatic amines is 1. The number of para-hydroxylation sites is 1. The number of fused-ring (bicyclic) bond motifs is 1. The Hall–Kier alpha value is -1.44. The molecule has 0 aliphatic carbocycles. The van der Waals surface area contributed by atoms with Crippen LogP contribution in [0, 0.1) is 5.92 Å². The monoisotopic (exact) mass is 189 g/mol. The van der Waals surface area contributed by atoms with Crippen LogP contribution in [0.1, 0.15) is 19.5 Å². The van der Waals surface area contributed by atoms with Crippen LogP contribution in [0.25, 0.3) is 10.9 Å². The molecular formula is C12H15NO. The fourth-order valence-corrected chi connectivity index (χ4v) is 1.74. The molecule has 0 atom stereocenters. The molecule has 1 aromatic carbocycles. The van der Waals surface area contributed by atoms with E-state index in [2.05, 4.69) is 18.8 Å². The molecule has 0 bridgehead atoms. The van der Waals surface area contributed by atoms with Crippen LogP contribution in [0.5, 0.6) is 5.75 Å². The van der Waals surface area contributed by atoms with Gasteiger partial charge in [-0.1, -0.05) is 26.0 Å². The van der Waals surface area contributed by atoms with Crippen molar-refractivity contribution in [2.75, 3.05) is 0 Å². The summed E-state index contributed by atoms with van der Waals surface area (Å²) in [6.07, 6.45) is 0.889. The second kappa shape index (κ2) is 3.37. The first-order valence-electron chi connectivity index (χ1n) is 4.97. The summed E-state index contributed by atoms with van der Waals surface area (Å²) in [5, 5.41) is 10.8. The molecule has 0 saturated carbocycles. The standard InChI is InChI=1S/C12H15NO/c1-8(2)7-11-12(14)9-5-3-4-6-10(9)13-11/h3-6,8,13-14H,7H2,1-2H3. The third-order valence-corrected chi connectivity index (χ3v) is 2.37. The zero-order valence-corrected chi connectivity index (χ0v) is 8.54. The molecule has 0 unspecified atom stereocenters. The maximum absolute atomic E-state index is 9.91. The lowest BCUT2D eigenvalue weighted by atomic mass is 10.1. The van der Waals surface area contributed by atoms with Crippen molar-refractivity contribution in [1.82, 2.24) is 4.98 Å². The Balaban J connectivity index is 2.51. The number of rotatable bonds is 2. The Morgan fingerprint density at radius 3 is 2.64 bits per heavy atom. The van der Waals surface area contributed by atoms with Gasteiger partial charge in [0, 0.05) is 10.9 Å². The topological polar surface area (TPSA) is 36.0 Å². The Bertz CT molecular complexity index is 443. The highest BCUT2D eigenvalue weighted by Crippen LogP contribution is 2.29. The van der Waals surface area contributed by atoms with Crippen LogP contribution < -0.4 is 0 Å². The van der Waals surface area contributed by atoms with Crippen LogP contribution >= 0.6 is 0 Å². The fourth-order valence-electron chi connectivity index (χ4n) is 1.74. The van der Waals surface area contributed by atoms with Crippen LogP contribution in [0.3, 0.4) is 0 Å². The van der Waals surface area contributed by atoms with E-state index in [9.17, 15) is 5.11 Å². The maximum atomic E-state index is 9.91. The van der Waals surface area contributed by atoms with Gasteiger partial charge < -0.3 is 10.1 Å². The van der Waals surface area contributed by atoms with Crippen LogP contribution in [0.2, 0.25) is 0 Å². The molecule has 0 fully saturated rings. The predicted molar refractivity (Wildman–Crippen MR) is 58.5 cm³/mol. The minimum atomic E-state index is 0.411. The number of aromatic hydroxyl groups is 1. The van der Waals surface area contributed by atoms with Crippen molar-refractivity contribution in [1.29, 1.82) is 0 Å². The van der Waals surface area contributed by atoms with Crippen molar-refractivity contribution in [2.45, 2.75) is 20.3 Å². The van der Waals surface area contributed by atoms with E-state index in [-0.39, 0.29) is 0 Å². The fraction of sp³-hybridized carbons (Fsp3) is 0.333. The Morgan fingerprint density at radius 2 is 2.00 bits per heavy atom. The molecule has 2 rings (SSSR count). The SMILES string of the molecule is CC(C)Cc1[nH]c2ccccc2c1O. The highest BCUT2D eigenvalue weighted by Gasteiger charge is 2.10. The summed E-state index contributed by atoms with van der Waals surface area (Å²) in [5.41, 5.74) is 1.96. The van der Waals surface area contributed by atoms with Crippen LogP contribution in [0.15, 0.2) is 24.3 Å². The molecule has 0 radical (unpaired) electrons. The number of hydrogen-bond donors (Lipinski definition) is 2. The van der Waals surface area contributed by atoms with E-state index in [4.69, 9.17) is 0 Å². The lowest BCUT2D eigenvalue weighted by Gasteiger charge is -2.01. The second-order valence-corrected chi connectivity index (χ2v) is 4.10. The van der Waals surface area contributed by atoms with Gasteiger partial charge in [0.05, 0.1) is 5.69 Å². The Morgan fingerprint density at radius 1 is 1.29 bits per heavy atom. The third kappa shape index (κ3) is 1.48. The van der Waals surface area contributed by atoms with Crippen LogP contribution in [-0.2, 0) is 6.42 Å². The van der Waals surface area contributed by atoms with Gasteiger partial charge >= 0.3 is 0 Å². The largest absolute Gasteiger partial charge is 0.505 e. The van der Waals surface area contributed by atoms with Gasteiger partial charge in [0.15, 0.2) is 0 Å². The average molecular weight is 189 g/mol. The van der Waals surface area contributed by atoms with Gasteiger partial charge in [-0.15, -0.1) is 0 Å². The minimum absolute atomic E-state index is 0.411. The summed E-state index contributed by atoms with van der Waals surface area (Å²) in [4.78, 5) is 3.25. The van der Waals surface area contributed by atoms with Crippen molar-refractivity contribution >= 4 is 10.9 Å². The normalized spacial score (nSPS) is 11.4. The highest BCUT2D eigenvalue weighted by atomic mass is 16.3. The number of benzene rings is 1. The molecule has 0 spiro atoms. The predicted octanol–water partition coefficient (Wildman–Crippen LogP) is 3.07.